The first-order valence-electron chi connectivity index (χ1n) is 4.30. The minimum atomic E-state index is -5.56. The van der Waals surface area contributed by atoms with Crippen molar-refractivity contribution >= 4 is 11.8 Å². The lowest BCUT2D eigenvalue weighted by Gasteiger charge is -2.22. The smallest absolute Gasteiger partial charge is 0.191 e. The molecular weight excluding hydrogens is 247 g/mol. The van der Waals surface area contributed by atoms with E-state index in [1.54, 1.807) is 0 Å². The van der Waals surface area contributed by atoms with Gasteiger partial charge in [-0.1, -0.05) is 18.2 Å². The van der Waals surface area contributed by atoms with Crippen molar-refractivity contribution in [2.45, 2.75) is 23.9 Å². The topological polar surface area (TPSA) is 0 Å². The third kappa shape index (κ3) is 2.16. The first-order chi connectivity index (χ1) is 7.21. The number of benzene rings is 1. The number of hydrogen-bond donors (Lipinski definition) is 0. The molecule has 0 atom stereocenters. The van der Waals surface area contributed by atoms with Gasteiger partial charge in [-0.3, -0.25) is 0 Å². The molecule has 0 spiro atoms. The summed E-state index contributed by atoms with van der Waals surface area (Å²) in [6.45, 7) is 1.50. The van der Waals surface area contributed by atoms with Gasteiger partial charge < -0.3 is 0 Å². The number of hydrogen-bond acceptors (Lipinski definition) is 1. The summed E-state index contributed by atoms with van der Waals surface area (Å²) in [4.78, 5) is -0.0233. The second kappa shape index (κ2) is 4.24. The maximum Gasteiger partial charge on any atom is 0.458 e. The summed E-state index contributed by atoms with van der Waals surface area (Å²) >= 11 is 0.885. The van der Waals surface area contributed by atoms with E-state index in [0.717, 1.165) is 17.8 Å². The lowest BCUT2D eigenvalue weighted by Crippen LogP contribution is -2.34. The largest absolute Gasteiger partial charge is 0.458 e. The molecule has 0 nitrogen and oxygen atoms in total. The Balaban J connectivity index is 3.39. The molecule has 0 saturated carbocycles. The molecule has 0 amide bonds. The molecular formula is C10H9F5S. The highest BCUT2D eigenvalue weighted by atomic mass is 32.2. The van der Waals surface area contributed by atoms with E-state index in [1.807, 2.05) is 0 Å². The van der Waals surface area contributed by atoms with E-state index >= 15 is 0 Å². The average Bonchev–Trinajstić information content (AvgIpc) is 2.15. The van der Waals surface area contributed by atoms with Crippen molar-refractivity contribution in [2.24, 2.45) is 0 Å². The number of aryl methyl sites for hydroxylation is 1. The maximum absolute atomic E-state index is 13.2. The molecule has 1 aromatic carbocycles. The molecule has 0 aliphatic heterocycles. The highest BCUT2D eigenvalue weighted by molar-refractivity contribution is 7.98. The van der Waals surface area contributed by atoms with Gasteiger partial charge in [-0.05, 0) is 18.7 Å². The minimum Gasteiger partial charge on any atom is -0.191 e. The van der Waals surface area contributed by atoms with Crippen LogP contribution in [-0.2, 0) is 5.92 Å². The van der Waals surface area contributed by atoms with E-state index in [0.29, 0.717) is 5.56 Å². The van der Waals surface area contributed by atoms with E-state index in [9.17, 15) is 22.0 Å². The summed E-state index contributed by atoms with van der Waals surface area (Å²) in [5.41, 5.74) is -0.568. The van der Waals surface area contributed by atoms with Gasteiger partial charge in [0.15, 0.2) is 0 Å². The highest BCUT2D eigenvalue weighted by Gasteiger charge is 2.59. The second-order valence-electron chi connectivity index (χ2n) is 3.23. The van der Waals surface area contributed by atoms with Crippen molar-refractivity contribution in [2.75, 3.05) is 6.26 Å². The van der Waals surface area contributed by atoms with Crippen LogP contribution in [0.4, 0.5) is 22.0 Å². The van der Waals surface area contributed by atoms with Gasteiger partial charge in [0, 0.05) is 10.5 Å². The molecule has 1 rings (SSSR count). The molecule has 0 saturated heterocycles. The Labute approximate surface area is 93.8 Å². The van der Waals surface area contributed by atoms with Gasteiger partial charge in [-0.15, -0.1) is 11.8 Å². The maximum atomic E-state index is 13.2. The fourth-order valence-electron chi connectivity index (χ4n) is 1.32. The summed E-state index contributed by atoms with van der Waals surface area (Å²) < 4.78 is 62.9. The molecule has 0 heterocycles. The van der Waals surface area contributed by atoms with Gasteiger partial charge >= 0.3 is 12.1 Å². The Morgan fingerprint density at radius 1 is 1.06 bits per heavy atom. The first kappa shape index (κ1) is 13.3. The van der Waals surface area contributed by atoms with Gasteiger partial charge in [0.1, 0.15) is 0 Å². The molecule has 1 aromatic rings. The van der Waals surface area contributed by atoms with Crippen LogP contribution in [0.15, 0.2) is 23.1 Å². The van der Waals surface area contributed by atoms with Crippen molar-refractivity contribution in [1.29, 1.82) is 0 Å². The van der Waals surface area contributed by atoms with E-state index < -0.39 is 17.7 Å². The van der Waals surface area contributed by atoms with E-state index in [2.05, 4.69) is 0 Å². The normalized spacial score (nSPS) is 12.9. The summed E-state index contributed by atoms with van der Waals surface area (Å²) in [5.74, 6) is -4.81. The first-order valence-corrected chi connectivity index (χ1v) is 5.53. The SMILES string of the molecule is CSc1c(C)cccc1C(F)(F)C(F)(F)F. The Bertz CT molecular complexity index is 383. The zero-order valence-electron chi connectivity index (χ0n) is 8.53. The van der Waals surface area contributed by atoms with Crippen LogP contribution in [0.1, 0.15) is 11.1 Å². The Morgan fingerprint density at radius 3 is 2.06 bits per heavy atom. The van der Waals surface area contributed by atoms with Crippen LogP contribution in [0.5, 0.6) is 0 Å². The summed E-state index contributed by atoms with van der Waals surface area (Å²) in [6.07, 6.45) is -4.09. The van der Waals surface area contributed by atoms with Crippen molar-refractivity contribution in [3.63, 3.8) is 0 Å². The Hall–Kier alpha value is -0.780. The van der Waals surface area contributed by atoms with Crippen molar-refractivity contribution < 1.29 is 22.0 Å². The van der Waals surface area contributed by atoms with Gasteiger partial charge in [0.25, 0.3) is 0 Å². The zero-order valence-corrected chi connectivity index (χ0v) is 9.35. The van der Waals surface area contributed by atoms with Crippen LogP contribution < -0.4 is 0 Å². The molecule has 0 unspecified atom stereocenters. The minimum absolute atomic E-state index is 0.0233. The molecule has 90 valence electrons. The Morgan fingerprint density at radius 2 is 1.62 bits per heavy atom. The number of alkyl halides is 5. The van der Waals surface area contributed by atoms with Gasteiger partial charge in [-0.25, -0.2) is 0 Å². The van der Waals surface area contributed by atoms with Crippen molar-refractivity contribution in [3.05, 3.63) is 29.3 Å². The van der Waals surface area contributed by atoms with Gasteiger partial charge in [0.2, 0.25) is 0 Å². The number of rotatable bonds is 2. The fourth-order valence-corrected chi connectivity index (χ4v) is 2.13. The van der Waals surface area contributed by atoms with Crippen LogP contribution in [-0.4, -0.2) is 12.4 Å². The molecule has 16 heavy (non-hydrogen) atoms. The van der Waals surface area contributed by atoms with Crippen LogP contribution in [0.25, 0.3) is 0 Å². The number of halogens is 5. The molecule has 0 aliphatic carbocycles. The van der Waals surface area contributed by atoms with Gasteiger partial charge in [0.05, 0.1) is 0 Å². The van der Waals surface area contributed by atoms with E-state index in [4.69, 9.17) is 0 Å². The van der Waals surface area contributed by atoms with Crippen molar-refractivity contribution in [1.82, 2.24) is 0 Å². The van der Waals surface area contributed by atoms with E-state index in [-0.39, 0.29) is 4.90 Å². The second-order valence-corrected chi connectivity index (χ2v) is 4.04. The van der Waals surface area contributed by atoms with Crippen molar-refractivity contribution in [3.8, 4) is 0 Å². The third-order valence-corrected chi connectivity index (χ3v) is 3.06. The summed E-state index contributed by atoms with van der Waals surface area (Å²) in [5, 5.41) is 0. The molecule has 0 N–H and O–H groups in total. The standard InChI is InChI=1S/C10H9F5S/c1-6-4-3-5-7(8(6)16-2)9(11,12)10(13,14)15/h3-5H,1-2H3. The van der Waals surface area contributed by atoms with Crippen LogP contribution in [0.3, 0.4) is 0 Å². The van der Waals surface area contributed by atoms with Crippen LogP contribution in [0.2, 0.25) is 0 Å². The molecule has 6 heteroatoms. The molecule has 0 bridgehead atoms. The lowest BCUT2D eigenvalue weighted by molar-refractivity contribution is -0.290. The highest BCUT2D eigenvalue weighted by Crippen LogP contribution is 2.47. The molecule has 0 aliphatic rings. The molecule has 0 fully saturated rings. The third-order valence-electron chi connectivity index (χ3n) is 2.11. The number of thioether (sulfide) groups is 1. The predicted octanol–water partition coefficient (Wildman–Crippen LogP) is 4.37. The fraction of sp³-hybridized carbons (Fsp3) is 0.400. The predicted molar refractivity (Wildman–Crippen MR) is 52.9 cm³/mol. The lowest BCUT2D eigenvalue weighted by atomic mass is 10.1. The van der Waals surface area contributed by atoms with Crippen LogP contribution in [0, 0.1) is 6.92 Å². The monoisotopic (exact) mass is 256 g/mol. The summed E-state index contributed by atoms with van der Waals surface area (Å²) in [6, 6.07) is 3.51. The zero-order chi connectivity index (χ0) is 12.6. The molecule has 0 radical (unpaired) electrons. The quantitative estimate of drug-likeness (QED) is 0.559. The van der Waals surface area contributed by atoms with Gasteiger partial charge in [-0.2, -0.15) is 22.0 Å². The molecule has 0 aromatic heterocycles. The average molecular weight is 256 g/mol. The van der Waals surface area contributed by atoms with Crippen LogP contribution >= 0.6 is 11.8 Å². The van der Waals surface area contributed by atoms with E-state index in [1.165, 1.54) is 25.3 Å². The Kier molecular flexibility index (Phi) is 3.52. The summed E-state index contributed by atoms with van der Waals surface area (Å²) in [7, 11) is 0.